The van der Waals surface area contributed by atoms with E-state index in [1.54, 1.807) is 0 Å². The Hall–Kier alpha value is -1.06. The SMILES string of the molecule is CN1CCCN(C(=O)c2ccc(CCl)cc2)CC1. The van der Waals surface area contributed by atoms with Gasteiger partial charge in [0.1, 0.15) is 0 Å². The zero-order chi connectivity index (χ0) is 13.0. The molecule has 98 valence electrons. The summed E-state index contributed by atoms with van der Waals surface area (Å²) in [5.74, 6) is 0.620. The van der Waals surface area contributed by atoms with Gasteiger partial charge in [0.05, 0.1) is 0 Å². The zero-order valence-electron chi connectivity index (χ0n) is 10.7. The van der Waals surface area contributed by atoms with Gasteiger partial charge in [0.15, 0.2) is 0 Å². The van der Waals surface area contributed by atoms with Crippen molar-refractivity contribution in [3.05, 3.63) is 35.4 Å². The number of hydrogen-bond donors (Lipinski definition) is 0. The first-order valence-corrected chi connectivity index (χ1v) is 6.87. The maximum Gasteiger partial charge on any atom is 0.253 e. The number of halogens is 1. The molecule has 1 heterocycles. The van der Waals surface area contributed by atoms with Crippen LogP contribution in [0.4, 0.5) is 0 Å². The van der Waals surface area contributed by atoms with Crippen molar-refractivity contribution in [2.24, 2.45) is 0 Å². The van der Waals surface area contributed by atoms with Crippen LogP contribution in [0.1, 0.15) is 22.3 Å². The Morgan fingerprint density at radius 2 is 1.89 bits per heavy atom. The largest absolute Gasteiger partial charge is 0.337 e. The molecule has 0 saturated carbocycles. The molecule has 0 radical (unpaired) electrons. The van der Waals surface area contributed by atoms with E-state index in [1.807, 2.05) is 29.2 Å². The molecular weight excluding hydrogens is 248 g/mol. The van der Waals surface area contributed by atoms with Gasteiger partial charge in [-0.1, -0.05) is 12.1 Å². The van der Waals surface area contributed by atoms with E-state index in [1.165, 1.54) is 0 Å². The second-order valence-corrected chi connectivity index (χ2v) is 5.05. The van der Waals surface area contributed by atoms with Crippen molar-refractivity contribution < 1.29 is 4.79 Å². The Morgan fingerprint density at radius 3 is 2.56 bits per heavy atom. The highest BCUT2D eigenvalue weighted by Gasteiger charge is 2.18. The van der Waals surface area contributed by atoms with Gasteiger partial charge in [0.2, 0.25) is 0 Å². The summed E-state index contributed by atoms with van der Waals surface area (Å²) in [6.45, 7) is 3.67. The average Bonchev–Trinajstić information content (AvgIpc) is 2.63. The van der Waals surface area contributed by atoms with Crippen LogP contribution in [-0.4, -0.2) is 48.9 Å². The van der Waals surface area contributed by atoms with E-state index in [0.29, 0.717) is 5.88 Å². The van der Waals surface area contributed by atoms with Gasteiger partial charge >= 0.3 is 0 Å². The van der Waals surface area contributed by atoms with Crippen molar-refractivity contribution in [1.82, 2.24) is 9.80 Å². The van der Waals surface area contributed by atoms with Gasteiger partial charge < -0.3 is 9.80 Å². The standard InChI is InChI=1S/C14H19ClN2O/c1-16-7-2-8-17(10-9-16)14(18)13-5-3-12(11-15)4-6-13/h3-6H,2,7-11H2,1H3. The topological polar surface area (TPSA) is 23.6 Å². The molecule has 1 aromatic carbocycles. The quantitative estimate of drug-likeness (QED) is 0.767. The molecule has 1 aliphatic rings. The molecule has 1 aliphatic heterocycles. The normalized spacial score (nSPS) is 17.6. The Bertz CT molecular complexity index is 405. The van der Waals surface area contributed by atoms with Gasteiger partial charge in [-0.2, -0.15) is 0 Å². The highest BCUT2D eigenvalue weighted by atomic mass is 35.5. The van der Waals surface area contributed by atoms with E-state index in [2.05, 4.69) is 11.9 Å². The number of alkyl halides is 1. The molecule has 0 aromatic heterocycles. The van der Waals surface area contributed by atoms with Crippen LogP contribution in [-0.2, 0) is 5.88 Å². The molecule has 2 rings (SSSR count). The zero-order valence-corrected chi connectivity index (χ0v) is 11.5. The lowest BCUT2D eigenvalue weighted by Crippen LogP contribution is -2.34. The van der Waals surface area contributed by atoms with Gasteiger partial charge in [-0.3, -0.25) is 4.79 Å². The smallest absolute Gasteiger partial charge is 0.253 e. The highest BCUT2D eigenvalue weighted by Crippen LogP contribution is 2.11. The number of hydrogen-bond acceptors (Lipinski definition) is 2. The number of benzene rings is 1. The molecule has 1 saturated heterocycles. The maximum absolute atomic E-state index is 12.3. The highest BCUT2D eigenvalue weighted by molar-refractivity contribution is 6.17. The lowest BCUT2D eigenvalue weighted by molar-refractivity contribution is 0.0763. The van der Waals surface area contributed by atoms with Gasteiger partial charge in [0, 0.05) is 31.1 Å². The number of likely N-dealkylation sites (N-methyl/N-ethyl adjacent to an activating group) is 1. The summed E-state index contributed by atoms with van der Waals surface area (Å²) in [6, 6.07) is 7.58. The van der Waals surface area contributed by atoms with Crippen LogP contribution < -0.4 is 0 Å². The third kappa shape index (κ3) is 3.24. The molecule has 4 heteroatoms. The van der Waals surface area contributed by atoms with Crippen molar-refractivity contribution >= 4 is 17.5 Å². The molecule has 0 spiro atoms. The van der Waals surface area contributed by atoms with Crippen LogP contribution in [0.25, 0.3) is 0 Å². The number of nitrogens with zero attached hydrogens (tertiary/aromatic N) is 2. The second kappa shape index (κ2) is 6.21. The van der Waals surface area contributed by atoms with Crippen molar-refractivity contribution in [2.45, 2.75) is 12.3 Å². The maximum atomic E-state index is 12.3. The molecular formula is C14H19ClN2O. The molecule has 1 fully saturated rings. The third-order valence-electron chi connectivity index (χ3n) is 3.36. The van der Waals surface area contributed by atoms with Gasteiger partial charge in [-0.15, -0.1) is 11.6 Å². The van der Waals surface area contributed by atoms with Gasteiger partial charge in [-0.05, 0) is 37.7 Å². The Morgan fingerprint density at radius 1 is 1.17 bits per heavy atom. The summed E-state index contributed by atoms with van der Waals surface area (Å²) < 4.78 is 0. The molecule has 18 heavy (non-hydrogen) atoms. The number of carbonyl (C=O) groups is 1. The van der Waals surface area contributed by atoms with Crippen LogP contribution in [0.5, 0.6) is 0 Å². The Balaban J connectivity index is 2.05. The molecule has 1 amide bonds. The van der Waals surface area contributed by atoms with E-state index in [4.69, 9.17) is 11.6 Å². The minimum absolute atomic E-state index is 0.131. The molecule has 0 atom stereocenters. The van der Waals surface area contributed by atoms with Crippen molar-refractivity contribution in [3.8, 4) is 0 Å². The molecule has 0 aliphatic carbocycles. The molecule has 0 N–H and O–H groups in total. The Kier molecular flexibility index (Phi) is 4.61. The van der Waals surface area contributed by atoms with Crippen molar-refractivity contribution in [2.75, 3.05) is 33.2 Å². The average molecular weight is 267 g/mol. The number of carbonyl (C=O) groups excluding carboxylic acids is 1. The van der Waals surface area contributed by atoms with Crippen LogP contribution in [0.3, 0.4) is 0 Å². The van der Waals surface area contributed by atoms with E-state index in [0.717, 1.165) is 43.7 Å². The van der Waals surface area contributed by atoms with Crippen LogP contribution in [0.15, 0.2) is 24.3 Å². The fraction of sp³-hybridized carbons (Fsp3) is 0.500. The van der Waals surface area contributed by atoms with Crippen LogP contribution >= 0.6 is 11.6 Å². The lowest BCUT2D eigenvalue weighted by atomic mass is 10.1. The molecule has 0 unspecified atom stereocenters. The number of rotatable bonds is 2. The first kappa shape index (κ1) is 13.4. The Labute approximate surface area is 113 Å². The summed E-state index contributed by atoms with van der Waals surface area (Å²) >= 11 is 5.74. The van der Waals surface area contributed by atoms with Crippen molar-refractivity contribution in [3.63, 3.8) is 0 Å². The summed E-state index contributed by atoms with van der Waals surface area (Å²) in [5.41, 5.74) is 1.80. The predicted octanol–water partition coefficient (Wildman–Crippen LogP) is 2.20. The summed E-state index contributed by atoms with van der Waals surface area (Å²) in [7, 11) is 2.10. The number of amides is 1. The van der Waals surface area contributed by atoms with Crippen LogP contribution in [0, 0.1) is 0 Å². The first-order chi connectivity index (χ1) is 8.70. The van der Waals surface area contributed by atoms with Crippen LogP contribution in [0.2, 0.25) is 0 Å². The summed E-state index contributed by atoms with van der Waals surface area (Å²) in [6.07, 6.45) is 1.04. The second-order valence-electron chi connectivity index (χ2n) is 4.78. The van der Waals surface area contributed by atoms with E-state index in [9.17, 15) is 4.79 Å². The fourth-order valence-corrected chi connectivity index (χ4v) is 2.35. The summed E-state index contributed by atoms with van der Waals surface area (Å²) in [5, 5.41) is 0. The fourth-order valence-electron chi connectivity index (χ4n) is 2.17. The van der Waals surface area contributed by atoms with E-state index < -0.39 is 0 Å². The minimum Gasteiger partial charge on any atom is -0.337 e. The van der Waals surface area contributed by atoms with E-state index >= 15 is 0 Å². The molecule has 0 bridgehead atoms. The van der Waals surface area contributed by atoms with Crippen molar-refractivity contribution in [1.29, 1.82) is 0 Å². The third-order valence-corrected chi connectivity index (χ3v) is 3.67. The molecule has 1 aromatic rings. The van der Waals surface area contributed by atoms with E-state index in [-0.39, 0.29) is 5.91 Å². The summed E-state index contributed by atoms with van der Waals surface area (Å²) in [4.78, 5) is 16.5. The van der Waals surface area contributed by atoms with Gasteiger partial charge in [0.25, 0.3) is 5.91 Å². The lowest BCUT2D eigenvalue weighted by Gasteiger charge is -2.20. The monoisotopic (exact) mass is 266 g/mol. The first-order valence-electron chi connectivity index (χ1n) is 6.33. The van der Waals surface area contributed by atoms with Gasteiger partial charge in [-0.25, -0.2) is 0 Å². The predicted molar refractivity (Wildman–Crippen MR) is 74.0 cm³/mol. The minimum atomic E-state index is 0.131. The molecule has 3 nitrogen and oxygen atoms in total.